The maximum Gasteiger partial charge on any atom is 0.336 e. The van der Waals surface area contributed by atoms with E-state index in [1.54, 1.807) is 26.0 Å². The van der Waals surface area contributed by atoms with E-state index in [2.05, 4.69) is 5.32 Å². The molecule has 0 radical (unpaired) electrons. The summed E-state index contributed by atoms with van der Waals surface area (Å²) in [6.07, 6.45) is 0. The molecule has 0 saturated heterocycles. The second-order valence-electron chi connectivity index (χ2n) is 5.77. The van der Waals surface area contributed by atoms with Crippen molar-refractivity contribution in [2.24, 2.45) is 0 Å². The number of carbonyl (C=O) groups is 2. The van der Waals surface area contributed by atoms with E-state index in [0.717, 1.165) is 0 Å². The summed E-state index contributed by atoms with van der Waals surface area (Å²) in [7, 11) is 1.23. The molecular weight excluding hydrogens is 376 g/mol. The van der Waals surface area contributed by atoms with E-state index in [-0.39, 0.29) is 29.3 Å². The lowest BCUT2D eigenvalue weighted by atomic mass is 9.80. The number of dihydropyridines is 1. The Bertz CT molecular complexity index is 803. The number of halogens is 1. The number of ether oxygens (including phenoxy) is 2. The number of hydrogen-bond donors (Lipinski definition) is 3. The standard InChI is InChI=1S/C18H21ClN2O6/c1-4-27-18(23)16-13(9-19)20-10(2)14(17(22)26-3)15(16)11-6-5-7-12(8-11)21(24)25/h5-8,15,20-21,24H,4,9H2,1-3H3. The second kappa shape index (κ2) is 9.01. The van der Waals surface area contributed by atoms with Crippen LogP contribution in [0.3, 0.4) is 0 Å². The van der Waals surface area contributed by atoms with Crippen molar-refractivity contribution in [1.29, 1.82) is 0 Å². The summed E-state index contributed by atoms with van der Waals surface area (Å²) in [5.41, 5.74) is 1.69. The Morgan fingerprint density at radius 1 is 1.33 bits per heavy atom. The van der Waals surface area contributed by atoms with Gasteiger partial charge in [0.25, 0.3) is 0 Å². The van der Waals surface area contributed by atoms with Gasteiger partial charge in [0.1, 0.15) is 0 Å². The minimum absolute atomic E-state index is 0.0188. The van der Waals surface area contributed by atoms with Crippen LogP contribution in [0, 0.1) is 5.21 Å². The summed E-state index contributed by atoms with van der Waals surface area (Å²) in [5, 5.41) is 22.5. The van der Waals surface area contributed by atoms with Crippen LogP contribution < -0.4 is 10.5 Å². The van der Waals surface area contributed by atoms with Crippen molar-refractivity contribution in [3.8, 4) is 0 Å². The fourth-order valence-corrected chi connectivity index (χ4v) is 3.23. The van der Waals surface area contributed by atoms with Crippen LogP contribution in [0.4, 0.5) is 5.69 Å². The number of nitrogens with one attached hydrogen (secondary N) is 2. The van der Waals surface area contributed by atoms with E-state index in [0.29, 0.717) is 17.0 Å². The first-order chi connectivity index (χ1) is 12.8. The Hall–Kier alpha value is -2.39. The predicted molar refractivity (Wildman–Crippen MR) is 97.2 cm³/mol. The van der Waals surface area contributed by atoms with Crippen molar-refractivity contribution in [3.05, 3.63) is 57.6 Å². The molecule has 1 aliphatic heterocycles. The largest absolute Gasteiger partial charge is 0.595 e. The highest BCUT2D eigenvalue weighted by atomic mass is 35.5. The molecule has 146 valence electrons. The lowest BCUT2D eigenvalue weighted by Crippen LogP contribution is -2.99. The molecular formula is C18H21ClN2O6. The molecule has 1 aromatic rings. The Balaban J connectivity index is 2.73. The number of benzene rings is 1. The predicted octanol–water partition coefficient (Wildman–Crippen LogP) is 1.28. The van der Waals surface area contributed by atoms with Crippen molar-refractivity contribution in [2.45, 2.75) is 19.8 Å². The summed E-state index contributed by atoms with van der Waals surface area (Å²) in [4.78, 5) is 25.1. The third-order valence-electron chi connectivity index (χ3n) is 4.15. The molecule has 8 nitrogen and oxygen atoms in total. The lowest BCUT2D eigenvalue weighted by Gasteiger charge is -2.31. The third-order valence-corrected chi connectivity index (χ3v) is 4.41. The van der Waals surface area contributed by atoms with Crippen molar-refractivity contribution in [2.75, 3.05) is 19.6 Å². The highest BCUT2D eigenvalue weighted by Gasteiger charge is 2.38. The van der Waals surface area contributed by atoms with E-state index in [1.165, 1.54) is 19.2 Å². The van der Waals surface area contributed by atoms with Gasteiger partial charge in [-0.15, -0.1) is 11.6 Å². The van der Waals surface area contributed by atoms with Crippen LogP contribution in [0.5, 0.6) is 0 Å². The topological polar surface area (TPSA) is 112 Å². The Morgan fingerprint density at radius 2 is 2.04 bits per heavy atom. The zero-order valence-corrected chi connectivity index (χ0v) is 15.9. The quantitative estimate of drug-likeness (QED) is 0.377. The SMILES string of the molecule is CCOC(=O)C1=C(CCl)NC(C)=C(C(=O)OC)C1c1cccc([NH+]([O-])O)c1. The van der Waals surface area contributed by atoms with Gasteiger partial charge in [0, 0.05) is 23.5 Å². The molecule has 27 heavy (non-hydrogen) atoms. The molecule has 1 aliphatic rings. The molecule has 1 aromatic carbocycles. The van der Waals surface area contributed by atoms with Crippen molar-refractivity contribution in [1.82, 2.24) is 5.32 Å². The number of allylic oxidation sites excluding steroid dienone is 2. The molecule has 0 amide bonds. The number of alkyl halides is 1. The number of hydrogen-bond acceptors (Lipinski definition) is 7. The molecule has 0 spiro atoms. The van der Waals surface area contributed by atoms with Crippen LogP contribution in [0.1, 0.15) is 25.3 Å². The maximum absolute atomic E-state index is 12.7. The van der Waals surface area contributed by atoms with Crippen LogP contribution in [-0.4, -0.2) is 36.7 Å². The Labute approximate surface area is 161 Å². The number of rotatable bonds is 6. The van der Waals surface area contributed by atoms with Crippen LogP contribution in [-0.2, 0) is 19.1 Å². The zero-order chi connectivity index (χ0) is 20.1. The molecule has 0 aliphatic carbocycles. The molecule has 9 heteroatoms. The van der Waals surface area contributed by atoms with E-state index >= 15 is 0 Å². The summed E-state index contributed by atoms with van der Waals surface area (Å²) >= 11 is 6.02. The first-order valence-corrected chi connectivity index (χ1v) is 8.74. The van der Waals surface area contributed by atoms with Gasteiger partial charge in [-0.1, -0.05) is 12.1 Å². The number of esters is 2. The van der Waals surface area contributed by atoms with E-state index in [9.17, 15) is 20.0 Å². The molecule has 0 bridgehead atoms. The van der Waals surface area contributed by atoms with Gasteiger partial charge >= 0.3 is 11.9 Å². The lowest BCUT2D eigenvalue weighted by molar-refractivity contribution is -0.991. The van der Waals surface area contributed by atoms with Crippen LogP contribution >= 0.6 is 11.6 Å². The molecule has 0 fully saturated rings. The number of carbonyl (C=O) groups excluding carboxylic acids is 2. The summed E-state index contributed by atoms with van der Waals surface area (Å²) in [6, 6.07) is 6.04. The van der Waals surface area contributed by atoms with Crippen molar-refractivity contribution in [3.63, 3.8) is 0 Å². The fourth-order valence-electron chi connectivity index (χ4n) is 3.02. The highest BCUT2D eigenvalue weighted by molar-refractivity contribution is 6.20. The average molecular weight is 397 g/mol. The van der Waals surface area contributed by atoms with Gasteiger partial charge in [-0.25, -0.2) is 14.8 Å². The van der Waals surface area contributed by atoms with Gasteiger partial charge in [0.15, 0.2) is 5.69 Å². The van der Waals surface area contributed by atoms with Gasteiger partial charge in [0.2, 0.25) is 0 Å². The second-order valence-corrected chi connectivity index (χ2v) is 6.03. The third kappa shape index (κ3) is 4.30. The summed E-state index contributed by atoms with van der Waals surface area (Å²) < 4.78 is 10.0. The molecule has 2 rings (SSSR count). The number of quaternary nitrogens is 1. The smallest absolute Gasteiger partial charge is 0.336 e. The first kappa shape index (κ1) is 20.9. The molecule has 2 unspecified atom stereocenters. The zero-order valence-electron chi connectivity index (χ0n) is 15.2. The average Bonchev–Trinajstić information content (AvgIpc) is 2.66. The van der Waals surface area contributed by atoms with E-state index in [4.69, 9.17) is 21.1 Å². The molecule has 0 saturated carbocycles. The van der Waals surface area contributed by atoms with Crippen molar-refractivity contribution < 1.29 is 29.5 Å². The molecule has 1 heterocycles. The molecule has 2 atom stereocenters. The summed E-state index contributed by atoms with van der Waals surface area (Å²) in [6.45, 7) is 3.46. The highest BCUT2D eigenvalue weighted by Crippen LogP contribution is 2.39. The normalized spacial score (nSPS) is 18.1. The Morgan fingerprint density at radius 3 is 2.59 bits per heavy atom. The van der Waals surface area contributed by atoms with Gasteiger partial charge < -0.3 is 20.0 Å². The van der Waals surface area contributed by atoms with Crippen LogP contribution in [0.25, 0.3) is 0 Å². The fraction of sp³-hybridized carbons (Fsp3) is 0.333. The molecule has 3 N–H and O–H groups in total. The molecule has 0 aromatic heterocycles. The van der Waals surface area contributed by atoms with Gasteiger partial charge in [0.05, 0.1) is 36.7 Å². The van der Waals surface area contributed by atoms with Crippen LogP contribution in [0.15, 0.2) is 46.8 Å². The number of methoxy groups -OCH3 is 1. The summed E-state index contributed by atoms with van der Waals surface area (Å²) in [5.74, 6) is -2.16. The van der Waals surface area contributed by atoms with Crippen LogP contribution in [0.2, 0.25) is 0 Å². The van der Waals surface area contributed by atoms with E-state index in [1.807, 2.05) is 0 Å². The van der Waals surface area contributed by atoms with Gasteiger partial charge in [-0.2, -0.15) is 5.23 Å². The minimum atomic E-state index is -1.12. The van der Waals surface area contributed by atoms with Gasteiger partial charge in [-0.3, -0.25) is 0 Å². The monoisotopic (exact) mass is 396 g/mol. The van der Waals surface area contributed by atoms with Gasteiger partial charge in [-0.05, 0) is 19.4 Å². The van der Waals surface area contributed by atoms with Crippen molar-refractivity contribution >= 4 is 29.2 Å². The first-order valence-electron chi connectivity index (χ1n) is 8.21. The maximum atomic E-state index is 12.7. The minimum Gasteiger partial charge on any atom is -0.595 e. The van der Waals surface area contributed by atoms with E-state index < -0.39 is 23.1 Å². The Kier molecular flexibility index (Phi) is 6.98.